The van der Waals surface area contributed by atoms with Crippen molar-refractivity contribution in [3.05, 3.63) is 48.5 Å². The first kappa shape index (κ1) is 13.6. The van der Waals surface area contributed by atoms with E-state index in [1.165, 1.54) is 11.3 Å². The zero-order chi connectivity index (χ0) is 15.6. The minimum Gasteiger partial charge on any atom is -0.462 e. The summed E-state index contributed by atoms with van der Waals surface area (Å²) in [6, 6.07) is 7.52. The van der Waals surface area contributed by atoms with Gasteiger partial charge in [0.2, 0.25) is 5.95 Å². The first-order chi connectivity index (χ1) is 11.3. The molecule has 8 heteroatoms. The highest BCUT2D eigenvalue weighted by Crippen LogP contribution is 2.31. The van der Waals surface area contributed by atoms with Crippen LogP contribution < -0.4 is 11.1 Å². The average Bonchev–Trinajstić information content (AvgIpc) is 3.23. The smallest absolute Gasteiger partial charge is 0.226 e. The summed E-state index contributed by atoms with van der Waals surface area (Å²) in [4.78, 5) is 17.9. The van der Waals surface area contributed by atoms with Gasteiger partial charge in [0.15, 0.2) is 21.4 Å². The highest BCUT2D eigenvalue weighted by Gasteiger charge is 2.14. The molecule has 4 aromatic heterocycles. The minimum atomic E-state index is 0.348. The van der Waals surface area contributed by atoms with Gasteiger partial charge in [0.05, 0.1) is 6.26 Å². The van der Waals surface area contributed by atoms with Crippen molar-refractivity contribution in [2.45, 2.75) is 6.54 Å². The molecule has 4 heterocycles. The lowest BCUT2D eigenvalue weighted by Crippen LogP contribution is -2.05. The van der Waals surface area contributed by atoms with Crippen LogP contribution in [-0.4, -0.2) is 19.9 Å². The summed E-state index contributed by atoms with van der Waals surface area (Å²) >= 11 is 1.42. The highest BCUT2D eigenvalue weighted by atomic mass is 32.1. The molecule has 0 aromatic carbocycles. The van der Waals surface area contributed by atoms with E-state index in [2.05, 4.69) is 25.3 Å². The van der Waals surface area contributed by atoms with Crippen molar-refractivity contribution >= 4 is 33.5 Å². The quantitative estimate of drug-likeness (QED) is 0.595. The first-order valence-electron chi connectivity index (χ1n) is 6.90. The molecule has 0 saturated heterocycles. The number of aromatic nitrogens is 4. The van der Waals surface area contributed by atoms with Gasteiger partial charge in [-0.05, 0) is 29.8 Å². The van der Waals surface area contributed by atoms with Crippen LogP contribution in [0.15, 0.2) is 47.3 Å². The number of fused-ring (bicyclic) bond motifs is 1. The van der Waals surface area contributed by atoms with Crippen LogP contribution in [0.4, 0.5) is 11.8 Å². The maximum Gasteiger partial charge on any atom is 0.226 e. The van der Waals surface area contributed by atoms with Crippen LogP contribution in [0.25, 0.3) is 21.1 Å². The second-order valence-electron chi connectivity index (χ2n) is 4.79. The number of hydrogen-bond acceptors (Lipinski definition) is 8. The summed E-state index contributed by atoms with van der Waals surface area (Å²) in [5.74, 6) is 1.52. The molecule has 0 spiro atoms. The number of nitrogens with two attached hydrogens (primary N) is 1. The first-order valence-corrected chi connectivity index (χ1v) is 7.72. The van der Waals surface area contributed by atoms with Gasteiger partial charge in [0, 0.05) is 18.9 Å². The van der Waals surface area contributed by atoms with Gasteiger partial charge in [-0.25, -0.2) is 9.97 Å². The molecule has 0 aliphatic rings. The van der Waals surface area contributed by atoms with Gasteiger partial charge in [0.1, 0.15) is 5.52 Å². The van der Waals surface area contributed by atoms with Crippen LogP contribution in [0, 0.1) is 0 Å². The molecule has 0 saturated carbocycles. The minimum absolute atomic E-state index is 0.348. The van der Waals surface area contributed by atoms with Gasteiger partial charge in [-0.3, -0.25) is 4.98 Å². The van der Waals surface area contributed by atoms with Gasteiger partial charge in [-0.2, -0.15) is 4.98 Å². The Morgan fingerprint density at radius 1 is 1.13 bits per heavy atom. The molecule has 3 N–H and O–H groups in total. The molecule has 0 aliphatic heterocycles. The molecule has 114 valence electrons. The summed E-state index contributed by atoms with van der Waals surface area (Å²) in [6.07, 6.45) is 5.10. The molecule has 0 amide bonds. The van der Waals surface area contributed by atoms with Crippen LogP contribution in [0.5, 0.6) is 0 Å². The average molecular weight is 324 g/mol. The molecule has 4 rings (SSSR count). The van der Waals surface area contributed by atoms with Gasteiger partial charge >= 0.3 is 0 Å². The van der Waals surface area contributed by atoms with E-state index in [1.807, 2.05) is 24.3 Å². The third-order valence-corrected chi connectivity index (χ3v) is 4.18. The Kier molecular flexibility index (Phi) is 3.35. The van der Waals surface area contributed by atoms with E-state index in [0.717, 1.165) is 15.4 Å². The fourth-order valence-corrected chi connectivity index (χ4v) is 3.03. The molecular weight excluding hydrogens is 312 g/mol. The Bertz CT molecular complexity index is 935. The summed E-state index contributed by atoms with van der Waals surface area (Å²) in [5.41, 5.74) is 7.68. The number of hydrogen-bond donors (Lipinski definition) is 2. The molecule has 0 bridgehead atoms. The molecule has 0 atom stereocenters. The van der Waals surface area contributed by atoms with Crippen molar-refractivity contribution < 1.29 is 4.42 Å². The molecule has 0 aliphatic carbocycles. The number of furan rings is 1. The monoisotopic (exact) mass is 324 g/mol. The predicted molar refractivity (Wildman–Crippen MR) is 88.9 cm³/mol. The lowest BCUT2D eigenvalue weighted by atomic mass is 10.3. The van der Waals surface area contributed by atoms with E-state index in [9.17, 15) is 0 Å². The Morgan fingerprint density at radius 2 is 2.00 bits per heavy atom. The Morgan fingerprint density at radius 3 is 2.78 bits per heavy atom. The third-order valence-electron chi connectivity index (χ3n) is 3.22. The fraction of sp³-hybridized carbons (Fsp3) is 0.0667. The second-order valence-corrected chi connectivity index (χ2v) is 5.77. The number of thiazole rings is 1. The summed E-state index contributed by atoms with van der Waals surface area (Å²) in [6.45, 7) is 0.595. The van der Waals surface area contributed by atoms with Crippen LogP contribution >= 0.6 is 11.3 Å². The molecular formula is C15H12N6OS. The van der Waals surface area contributed by atoms with E-state index in [1.54, 1.807) is 18.7 Å². The number of nitrogen functional groups attached to an aromatic ring is 1. The Balaban J connectivity index is 1.64. The summed E-state index contributed by atoms with van der Waals surface area (Å²) in [7, 11) is 0. The Labute approximate surface area is 135 Å². The van der Waals surface area contributed by atoms with Crippen molar-refractivity contribution in [1.29, 1.82) is 0 Å². The number of anilines is 2. The molecule has 23 heavy (non-hydrogen) atoms. The fourth-order valence-electron chi connectivity index (χ4n) is 2.11. The maximum absolute atomic E-state index is 6.01. The number of nitrogens with zero attached hydrogens (tertiary/aromatic N) is 4. The van der Waals surface area contributed by atoms with Crippen LogP contribution in [0.2, 0.25) is 0 Å². The highest BCUT2D eigenvalue weighted by molar-refractivity contribution is 7.21. The Hall–Kier alpha value is -3.00. The van der Waals surface area contributed by atoms with Crippen LogP contribution in [0.1, 0.15) is 5.56 Å². The van der Waals surface area contributed by atoms with Gasteiger partial charge in [-0.1, -0.05) is 11.3 Å². The van der Waals surface area contributed by atoms with Gasteiger partial charge < -0.3 is 15.5 Å². The van der Waals surface area contributed by atoms with Gasteiger partial charge in [0.25, 0.3) is 0 Å². The molecule has 7 nitrogen and oxygen atoms in total. The number of nitrogens with one attached hydrogen (secondary N) is 1. The number of pyridine rings is 1. The van der Waals surface area contributed by atoms with E-state index < -0.39 is 0 Å². The number of rotatable bonds is 4. The van der Waals surface area contributed by atoms with E-state index in [-0.39, 0.29) is 0 Å². The van der Waals surface area contributed by atoms with Crippen molar-refractivity contribution in [2.24, 2.45) is 0 Å². The van der Waals surface area contributed by atoms with E-state index >= 15 is 0 Å². The molecule has 4 aromatic rings. The van der Waals surface area contributed by atoms with Crippen molar-refractivity contribution in [1.82, 2.24) is 19.9 Å². The second kappa shape index (κ2) is 5.65. The lowest BCUT2D eigenvalue weighted by molar-refractivity contribution is 0.582. The van der Waals surface area contributed by atoms with Crippen LogP contribution in [0.3, 0.4) is 0 Å². The summed E-state index contributed by atoms with van der Waals surface area (Å²) < 4.78 is 5.36. The molecule has 0 radical (unpaired) electrons. The SMILES string of the molecule is Nc1nc(NCc2ccncc2)nc2sc(-c3ccco3)nc12. The van der Waals surface area contributed by atoms with Crippen molar-refractivity contribution in [2.75, 3.05) is 11.1 Å². The summed E-state index contributed by atoms with van der Waals surface area (Å²) in [5, 5.41) is 3.90. The maximum atomic E-state index is 6.01. The predicted octanol–water partition coefficient (Wildman–Crippen LogP) is 2.94. The third kappa shape index (κ3) is 2.71. The van der Waals surface area contributed by atoms with E-state index in [4.69, 9.17) is 10.2 Å². The lowest BCUT2D eigenvalue weighted by Gasteiger charge is -2.05. The van der Waals surface area contributed by atoms with E-state index in [0.29, 0.717) is 29.6 Å². The standard InChI is InChI=1S/C15H12N6OS/c16-12-11-14(23-13(19-11)10-2-1-7-22-10)21-15(20-12)18-8-9-3-5-17-6-4-9/h1-7H,8H2,(H3,16,18,20,21). The molecule has 0 fully saturated rings. The topological polar surface area (TPSA) is 103 Å². The van der Waals surface area contributed by atoms with Crippen molar-refractivity contribution in [3.63, 3.8) is 0 Å². The van der Waals surface area contributed by atoms with Crippen molar-refractivity contribution in [3.8, 4) is 10.8 Å². The van der Waals surface area contributed by atoms with Gasteiger partial charge in [-0.15, -0.1) is 0 Å². The zero-order valence-electron chi connectivity index (χ0n) is 11.9. The zero-order valence-corrected chi connectivity index (χ0v) is 12.7. The van der Waals surface area contributed by atoms with Crippen LogP contribution in [-0.2, 0) is 6.54 Å². The normalized spacial score (nSPS) is 11.0. The largest absolute Gasteiger partial charge is 0.462 e. The molecule has 0 unspecified atom stereocenters.